The van der Waals surface area contributed by atoms with Gasteiger partial charge in [0, 0.05) is 10.4 Å². The van der Waals surface area contributed by atoms with Gasteiger partial charge in [-0.25, -0.2) is 5.43 Å². The Morgan fingerprint density at radius 2 is 1.71 bits per heavy atom. The highest BCUT2D eigenvalue weighted by Gasteiger charge is 2.14. The molecule has 0 saturated carbocycles. The number of hydrazone groups is 1. The van der Waals surface area contributed by atoms with Crippen molar-refractivity contribution in [2.75, 3.05) is 0 Å². The second-order valence-corrected chi connectivity index (χ2v) is 6.66. The van der Waals surface area contributed by atoms with E-state index in [1.54, 1.807) is 42.5 Å². The summed E-state index contributed by atoms with van der Waals surface area (Å²) in [5, 5.41) is 17.7. The molecule has 0 aliphatic heterocycles. The Balaban J connectivity index is 1.73. The largest absolute Gasteiger partial charge is 0.508 e. The lowest BCUT2D eigenvalue weighted by Crippen LogP contribution is -2.32. The predicted molar refractivity (Wildman–Crippen MR) is 110 cm³/mol. The molecule has 7 heteroatoms. The maximum Gasteiger partial charge on any atom is 0.287 e. The molecule has 3 rings (SSSR count). The number of nitrogens with zero attached hydrogens (tertiary/aromatic N) is 1. The van der Waals surface area contributed by atoms with Crippen LogP contribution in [0, 0.1) is 0 Å². The smallest absolute Gasteiger partial charge is 0.287 e. The van der Waals surface area contributed by atoms with Crippen LogP contribution in [0.4, 0.5) is 0 Å². The summed E-state index contributed by atoms with van der Waals surface area (Å²) in [6.07, 6.45) is 3.04. The molecule has 0 spiro atoms. The summed E-state index contributed by atoms with van der Waals surface area (Å²) < 4.78 is 0. The van der Waals surface area contributed by atoms with E-state index in [-0.39, 0.29) is 17.4 Å². The van der Waals surface area contributed by atoms with Gasteiger partial charge in [-0.3, -0.25) is 9.59 Å². The Morgan fingerprint density at radius 3 is 2.39 bits per heavy atom. The van der Waals surface area contributed by atoms with Gasteiger partial charge >= 0.3 is 0 Å². The van der Waals surface area contributed by atoms with Crippen molar-refractivity contribution in [2.45, 2.75) is 0 Å². The first-order valence-electron chi connectivity index (χ1n) is 8.36. The normalized spacial score (nSPS) is 11.4. The fourth-order valence-electron chi connectivity index (χ4n) is 2.24. The lowest BCUT2D eigenvalue weighted by atomic mass is 10.2. The summed E-state index contributed by atoms with van der Waals surface area (Å²) >= 11 is 1.44. The van der Waals surface area contributed by atoms with Crippen molar-refractivity contribution in [3.05, 3.63) is 93.8 Å². The van der Waals surface area contributed by atoms with Crippen molar-refractivity contribution in [1.82, 2.24) is 10.7 Å². The van der Waals surface area contributed by atoms with Gasteiger partial charge in [0.25, 0.3) is 11.8 Å². The number of amides is 2. The van der Waals surface area contributed by atoms with Crippen LogP contribution in [-0.4, -0.2) is 23.1 Å². The van der Waals surface area contributed by atoms with Gasteiger partial charge in [-0.2, -0.15) is 5.10 Å². The molecule has 0 bridgehead atoms. The topological polar surface area (TPSA) is 90.8 Å². The molecule has 0 unspecified atom stereocenters. The lowest BCUT2D eigenvalue weighted by molar-refractivity contribution is -0.117. The highest BCUT2D eigenvalue weighted by molar-refractivity contribution is 7.10. The number of benzene rings is 2. The Kier molecular flexibility index (Phi) is 6.33. The molecule has 1 heterocycles. The number of aromatic hydroxyl groups is 1. The van der Waals surface area contributed by atoms with Gasteiger partial charge in [-0.1, -0.05) is 24.3 Å². The predicted octanol–water partition coefficient (Wildman–Crippen LogP) is 3.37. The Bertz CT molecular complexity index is 995. The van der Waals surface area contributed by atoms with Crippen molar-refractivity contribution in [1.29, 1.82) is 0 Å². The molecule has 140 valence electrons. The molecule has 2 amide bonds. The molecular weight excluding hydrogens is 374 g/mol. The second kappa shape index (κ2) is 9.29. The lowest BCUT2D eigenvalue weighted by Gasteiger charge is -2.08. The van der Waals surface area contributed by atoms with Crippen molar-refractivity contribution >= 4 is 35.4 Å². The van der Waals surface area contributed by atoms with Crippen LogP contribution in [0.5, 0.6) is 5.75 Å². The summed E-state index contributed by atoms with van der Waals surface area (Å²) in [5.41, 5.74) is 3.64. The Labute approximate surface area is 165 Å². The number of thiophene rings is 1. The highest BCUT2D eigenvalue weighted by Crippen LogP contribution is 2.13. The number of carbonyl (C=O) groups excluding carboxylic acids is 2. The van der Waals surface area contributed by atoms with E-state index in [4.69, 9.17) is 0 Å². The van der Waals surface area contributed by atoms with Crippen LogP contribution >= 0.6 is 11.3 Å². The molecule has 28 heavy (non-hydrogen) atoms. The number of carbonyl (C=O) groups is 2. The standard InChI is InChI=1S/C21H17N3O3S/c25-17-10-8-15(9-11-17)14-22-24-21(27)19(13-18-7-4-12-28-18)23-20(26)16-5-2-1-3-6-16/h1-14,25H,(H,23,26)(H,24,27)/b19-13?,22-14+. The third-order valence-electron chi connectivity index (χ3n) is 3.63. The van der Waals surface area contributed by atoms with Gasteiger partial charge in [-0.15, -0.1) is 11.3 Å². The minimum atomic E-state index is -0.548. The van der Waals surface area contributed by atoms with Crippen LogP contribution in [0.15, 0.2) is 82.9 Å². The maximum absolute atomic E-state index is 12.5. The number of phenols is 1. The summed E-state index contributed by atoms with van der Waals surface area (Å²) in [7, 11) is 0. The first-order chi connectivity index (χ1) is 13.6. The average Bonchev–Trinajstić information content (AvgIpc) is 3.22. The van der Waals surface area contributed by atoms with Crippen molar-refractivity contribution in [2.24, 2.45) is 5.10 Å². The van der Waals surface area contributed by atoms with Crippen LogP contribution in [0.25, 0.3) is 6.08 Å². The van der Waals surface area contributed by atoms with Gasteiger partial charge < -0.3 is 10.4 Å². The number of nitrogens with one attached hydrogen (secondary N) is 2. The zero-order valence-corrected chi connectivity index (χ0v) is 15.5. The van der Waals surface area contributed by atoms with E-state index in [2.05, 4.69) is 15.8 Å². The van der Waals surface area contributed by atoms with E-state index in [1.165, 1.54) is 29.7 Å². The molecule has 2 aromatic carbocycles. The first-order valence-corrected chi connectivity index (χ1v) is 9.24. The molecule has 0 fully saturated rings. The Hall–Kier alpha value is -3.71. The molecule has 0 aliphatic carbocycles. The molecule has 0 aliphatic rings. The number of rotatable bonds is 6. The minimum absolute atomic E-state index is 0.0826. The van der Waals surface area contributed by atoms with Crippen molar-refractivity contribution in [3.8, 4) is 5.75 Å². The molecular formula is C21H17N3O3S. The van der Waals surface area contributed by atoms with Crippen molar-refractivity contribution in [3.63, 3.8) is 0 Å². The second-order valence-electron chi connectivity index (χ2n) is 5.68. The van der Waals surface area contributed by atoms with Crippen LogP contribution in [0.3, 0.4) is 0 Å². The highest BCUT2D eigenvalue weighted by atomic mass is 32.1. The molecule has 0 radical (unpaired) electrons. The third kappa shape index (κ3) is 5.39. The number of hydrogen-bond donors (Lipinski definition) is 3. The monoisotopic (exact) mass is 391 g/mol. The van der Waals surface area contributed by atoms with Gasteiger partial charge in [0.1, 0.15) is 11.4 Å². The van der Waals surface area contributed by atoms with E-state index in [9.17, 15) is 14.7 Å². The maximum atomic E-state index is 12.5. The first kappa shape index (κ1) is 19.1. The summed E-state index contributed by atoms with van der Waals surface area (Å²) in [6, 6.07) is 18.7. The molecule has 0 atom stereocenters. The molecule has 0 saturated heterocycles. The van der Waals surface area contributed by atoms with E-state index < -0.39 is 5.91 Å². The fraction of sp³-hybridized carbons (Fsp3) is 0. The minimum Gasteiger partial charge on any atom is -0.508 e. The van der Waals surface area contributed by atoms with E-state index in [1.807, 2.05) is 23.6 Å². The fourth-order valence-corrected chi connectivity index (χ4v) is 2.90. The van der Waals surface area contributed by atoms with Crippen molar-refractivity contribution < 1.29 is 14.7 Å². The van der Waals surface area contributed by atoms with Crippen LogP contribution in [0.1, 0.15) is 20.8 Å². The van der Waals surface area contributed by atoms with E-state index in [0.717, 1.165) is 4.88 Å². The zero-order valence-electron chi connectivity index (χ0n) is 14.7. The number of hydrogen-bond acceptors (Lipinski definition) is 5. The van der Waals surface area contributed by atoms with Crippen LogP contribution in [0.2, 0.25) is 0 Å². The van der Waals surface area contributed by atoms with Crippen LogP contribution < -0.4 is 10.7 Å². The Morgan fingerprint density at radius 1 is 0.964 bits per heavy atom. The molecule has 1 aromatic heterocycles. The third-order valence-corrected chi connectivity index (χ3v) is 4.45. The van der Waals surface area contributed by atoms with Gasteiger partial charge in [0.15, 0.2) is 0 Å². The summed E-state index contributed by atoms with van der Waals surface area (Å²) in [6.45, 7) is 0. The van der Waals surface area contributed by atoms with E-state index >= 15 is 0 Å². The average molecular weight is 391 g/mol. The number of phenolic OH excluding ortho intramolecular Hbond substituents is 1. The molecule has 3 aromatic rings. The summed E-state index contributed by atoms with van der Waals surface area (Å²) in [4.78, 5) is 25.8. The van der Waals surface area contributed by atoms with E-state index in [0.29, 0.717) is 11.1 Å². The summed E-state index contributed by atoms with van der Waals surface area (Å²) in [5.74, 6) is -0.792. The van der Waals surface area contributed by atoms with Gasteiger partial charge in [-0.05, 0) is 59.5 Å². The molecule has 6 nitrogen and oxygen atoms in total. The quantitative estimate of drug-likeness (QED) is 0.342. The molecule has 3 N–H and O–H groups in total. The zero-order chi connectivity index (χ0) is 19.8. The van der Waals surface area contributed by atoms with Gasteiger partial charge in [0.05, 0.1) is 6.21 Å². The van der Waals surface area contributed by atoms with Gasteiger partial charge in [0.2, 0.25) is 0 Å². The van der Waals surface area contributed by atoms with Crippen LogP contribution in [-0.2, 0) is 4.79 Å². The SMILES string of the molecule is O=C(N/N=C/c1ccc(O)cc1)C(=Cc1cccs1)NC(=O)c1ccccc1.